The maximum Gasteiger partial charge on any atom is 0.0671 e. The van der Waals surface area contributed by atoms with E-state index in [0.717, 1.165) is 33.3 Å². The van der Waals surface area contributed by atoms with Gasteiger partial charge < -0.3 is 5.32 Å². The number of halogens is 2. The first kappa shape index (κ1) is 13.6. The summed E-state index contributed by atoms with van der Waals surface area (Å²) in [6.07, 6.45) is 3.02. The smallest absolute Gasteiger partial charge is 0.0671 e. The van der Waals surface area contributed by atoms with Gasteiger partial charge in [0.1, 0.15) is 0 Å². The Kier molecular flexibility index (Phi) is 4.45. The van der Waals surface area contributed by atoms with Gasteiger partial charge in [-0.05, 0) is 40.5 Å². The molecular weight excluding hydrogens is 358 g/mol. The molecule has 0 amide bonds. The van der Waals surface area contributed by atoms with Crippen LogP contribution in [-0.2, 0) is 20.0 Å². The molecule has 0 atom stereocenters. The zero-order chi connectivity index (χ0) is 13.1. The van der Waals surface area contributed by atoms with Crippen LogP contribution >= 0.6 is 31.9 Å². The molecule has 0 radical (unpaired) electrons. The van der Waals surface area contributed by atoms with Crippen LogP contribution in [0.15, 0.2) is 33.3 Å². The Morgan fingerprint density at radius 2 is 2.11 bits per heavy atom. The molecule has 1 aromatic heterocycles. The lowest BCUT2D eigenvalue weighted by atomic mass is 10.2. The van der Waals surface area contributed by atoms with E-state index in [4.69, 9.17) is 0 Å². The predicted octanol–water partition coefficient (Wildman–Crippen LogP) is 4.12. The lowest BCUT2D eigenvalue weighted by Gasteiger charge is -2.08. The van der Waals surface area contributed by atoms with Gasteiger partial charge in [0.15, 0.2) is 0 Å². The van der Waals surface area contributed by atoms with Gasteiger partial charge >= 0.3 is 0 Å². The third-order valence-corrected chi connectivity index (χ3v) is 3.91. The Hall–Kier alpha value is -0.810. The second kappa shape index (κ2) is 5.89. The average Bonchev–Trinajstić information content (AvgIpc) is 2.71. The lowest BCUT2D eigenvalue weighted by molar-refractivity contribution is 0.746. The van der Waals surface area contributed by atoms with Crippen LogP contribution in [-0.4, -0.2) is 9.78 Å². The van der Waals surface area contributed by atoms with Gasteiger partial charge in [0.05, 0.1) is 5.69 Å². The number of hydrogen-bond donors (Lipinski definition) is 1. The molecule has 1 N–H and O–H groups in total. The second-order valence-corrected chi connectivity index (χ2v) is 5.88. The Morgan fingerprint density at radius 3 is 2.83 bits per heavy atom. The molecule has 2 rings (SSSR count). The Bertz CT molecular complexity index is 549. The number of aromatic nitrogens is 2. The van der Waals surface area contributed by atoms with Gasteiger partial charge in [-0.2, -0.15) is 5.10 Å². The fraction of sp³-hybridized carbons (Fsp3) is 0.308. The zero-order valence-electron chi connectivity index (χ0n) is 10.4. The van der Waals surface area contributed by atoms with E-state index in [9.17, 15) is 0 Å². The molecule has 0 bridgehead atoms. The van der Waals surface area contributed by atoms with Crippen LogP contribution in [0.25, 0.3) is 0 Å². The standard InChI is InChI=1S/C13H15Br2N3/c1-3-12-9(8-18(2)17-12)7-16-13-6-10(14)4-5-11(13)15/h4-6,8,16H,3,7H2,1-2H3. The van der Waals surface area contributed by atoms with Crippen molar-refractivity contribution >= 4 is 37.5 Å². The van der Waals surface area contributed by atoms with Crippen LogP contribution in [0.2, 0.25) is 0 Å². The molecule has 0 saturated carbocycles. The number of hydrogen-bond acceptors (Lipinski definition) is 2. The second-order valence-electron chi connectivity index (χ2n) is 4.11. The maximum atomic E-state index is 4.44. The van der Waals surface area contributed by atoms with E-state index < -0.39 is 0 Å². The van der Waals surface area contributed by atoms with Crippen molar-refractivity contribution in [2.24, 2.45) is 7.05 Å². The van der Waals surface area contributed by atoms with Crippen molar-refractivity contribution in [3.63, 3.8) is 0 Å². The molecule has 96 valence electrons. The Balaban J connectivity index is 2.13. The van der Waals surface area contributed by atoms with Crippen molar-refractivity contribution in [2.45, 2.75) is 19.9 Å². The van der Waals surface area contributed by atoms with E-state index in [1.807, 2.05) is 23.9 Å². The number of nitrogens with zero attached hydrogens (tertiary/aromatic N) is 2. The van der Waals surface area contributed by atoms with Crippen molar-refractivity contribution in [1.82, 2.24) is 9.78 Å². The first-order valence-electron chi connectivity index (χ1n) is 5.80. The first-order valence-corrected chi connectivity index (χ1v) is 7.39. The Morgan fingerprint density at radius 1 is 1.33 bits per heavy atom. The molecule has 0 unspecified atom stereocenters. The highest BCUT2D eigenvalue weighted by molar-refractivity contribution is 9.11. The summed E-state index contributed by atoms with van der Waals surface area (Å²) >= 11 is 7.02. The molecule has 1 heterocycles. The van der Waals surface area contributed by atoms with Crippen LogP contribution in [0.1, 0.15) is 18.2 Å². The molecule has 1 aromatic carbocycles. The monoisotopic (exact) mass is 371 g/mol. The zero-order valence-corrected chi connectivity index (χ0v) is 13.5. The first-order chi connectivity index (χ1) is 8.60. The van der Waals surface area contributed by atoms with Crippen LogP contribution in [0.5, 0.6) is 0 Å². The third-order valence-electron chi connectivity index (χ3n) is 2.72. The van der Waals surface area contributed by atoms with Gasteiger partial charge in [-0.1, -0.05) is 22.9 Å². The molecule has 5 heteroatoms. The molecular formula is C13H15Br2N3. The van der Waals surface area contributed by atoms with E-state index >= 15 is 0 Å². The minimum absolute atomic E-state index is 0.784. The number of anilines is 1. The summed E-state index contributed by atoms with van der Waals surface area (Å²) in [5.41, 5.74) is 3.47. The topological polar surface area (TPSA) is 29.9 Å². The lowest BCUT2D eigenvalue weighted by Crippen LogP contribution is -2.01. The van der Waals surface area contributed by atoms with Crippen LogP contribution in [0.3, 0.4) is 0 Å². The predicted molar refractivity (Wildman–Crippen MR) is 81.8 cm³/mol. The van der Waals surface area contributed by atoms with Crippen molar-refractivity contribution in [1.29, 1.82) is 0 Å². The minimum atomic E-state index is 0.784. The normalized spacial score (nSPS) is 10.7. The van der Waals surface area contributed by atoms with Gasteiger partial charge in [0.25, 0.3) is 0 Å². The fourth-order valence-corrected chi connectivity index (χ4v) is 2.60. The molecule has 0 spiro atoms. The number of nitrogens with one attached hydrogen (secondary N) is 1. The summed E-state index contributed by atoms with van der Waals surface area (Å²) in [5.74, 6) is 0. The van der Waals surface area contributed by atoms with Crippen molar-refractivity contribution in [2.75, 3.05) is 5.32 Å². The molecule has 0 aliphatic carbocycles. The highest BCUT2D eigenvalue weighted by Crippen LogP contribution is 2.26. The summed E-state index contributed by atoms with van der Waals surface area (Å²) in [5, 5.41) is 7.86. The molecule has 18 heavy (non-hydrogen) atoms. The van der Waals surface area contributed by atoms with Crippen molar-refractivity contribution in [3.8, 4) is 0 Å². The molecule has 2 aromatic rings. The van der Waals surface area contributed by atoms with Crippen molar-refractivity contribution < 1.29 is 0 Å². The SMILES string of the molecule is CCc1nn(C)cc1CNc1cc(Br)ccc1Br. The maximum absolute atomic E-state index is 4.44. The van der Waals surface area contributed by atoms with E-state index in [2.05, 4.69) is 61.5 Å². The summed E-state index contributed by atoms with van der Waals surface area (Å²) in [4.78, 5) is 0. The van der Waals surface area contributed by atoms with Crippen LogP contribution < -0.4 is 5.32 Å². The molecule has 0 saturated heterocycles. The summed E-state index contributed by atoms with van der Waals surface area (Å²) in [7, 11) is 1.96. The van der Waals surface area contributed by atoms with E-state index in [1.54, 1.807) is 0 Å². The van der Waals surface area contributed by atoms with Crippen LogP contribution in [0.4, 0.5) is 5.69 Å². The third kappa shape index (κ3) is 3.14. The largest absolute Gasteiger partial charge is 0.380 e. The van der Waals surface area contributed by atoms with E-state index in [1.165, 1.54) is 5.56 Å². The number of benzene rings is 1. The average molecular weight is 373 g/mol. The molecule has 0 aliphatic rings. The molecule has 0 fully saturated rings. The summed E-state index contributed by atoms with van der Waals surface area (Å²) < 4.78 is 3.99. The highest BCUT2D eigenvalue weighted by Gasteiger charge is 2.06. The van der Waals surface area contributed by atoms with Gasteiger partial charge in [0.2, 0.25) is 0 Å². The van der Waals surface area contributed by atoms with E-state index in [-0.39, 0.29) is 0 Å². The van der Waals surface area contributed by atoms with Gasteiger partial charge in [-0.3, -0.25) is 4.68 Å². The number of aryl methyl sites for hydroxylation is 2. The van der Waals surface area contributed by atoms with Gasteiger partial charge in [-0.25, -0.2) is 0 Å². The quantitative estimate of drug-likeness (QED) is 0.874. The van der Waals surface area contributed by atoms with E-state index in [0.29, 0.717) is 0 Å². The molecule has 3 nitrogen and oxygen atoms in total. The summed E-state index contributed by atoms with van der Waals surface area (Å²) in [6.45, 7) is 2.91. The van der Waals surface area contributed by atoms with Gasteiger partial charge in [-0.15, -0.1) is 0 Å². The fourth-order valence-electron chi connectivity index (χ4n) is 1.85. The van der Waals surface area contributed by atoms with Crippen molar-refractivity contribution in [3.05, 3.63) is 44.6 Å². The summed E-state index contributed by atoms with van der Waals surface area (Å²) in [6, 6.07) is 6.10. The van der Waals surface area contributed by atoms with Gasteiger partial charge in [0, 0.05) is 40.0 Å². The Labute approximate surface area is 124 Å². The van der Waals surface area contributed by atoms with Crippen LogP contribution in [0, 0.1) is 0 Å². The number of rotatable bonds is 4. The highest BCUT2D eigenvalue weighted by atomic mass is 79.9. The minimum Gasteiger partial charge on any atom is -0.380 e. The molecule has 0 aliphatic heterocycles.